The summed E-state index contributed by atoms with van der Waals surface area (Å²) >= 11 is 0. The largest absolute Gasteiger partial charge is 0.493 e. The van der Waals surface area contributed by atoms with Crippen LogP contribution in [0.4, 0.5) is 0 Å². The summed E-state index contributed by atoms with van der Waals surface area (Å²) in [5.41, 5.74) is 2.09. The van der Waals surface area contributed by atoms with Gasteiger partial charge in [-0.25, -0.2) is 5.01 Å². The predicted octanol–water partition coefficient (Wildman–Crippen LogP) is 2.43. The van der Waals surface area contributed by atoms with Gasteiger partial charge in [0, 0.05) is 18.7 Å². The molecule has 3 aromatic rings. The van der Waals surface area contributed by atoms with Crippen molar-refractivity contribution in [2.45, 2.75) is 19.8 Å². The number of methoxy groups -OCH3 is 3. The molecule has 0 aliphatic carbocycles. The summed E-state index contributed by atoms with van der Waals surface area (Å²) in [5, 5.41) is 11.7. The molecule has 0 bridgehead atoms. The maximum Gasteiger partial charge on any atom is 0.294 e. The Bertz CT molecular complexity index is 1190. The second-order valence-corrected chi connectivity index (χ2v) is 7.73. The van der Waals surface area contributed by atoms with Gasteiger partial charge in [-0.1, -0.05) is 24.3 Å². The highest BCUT2D eigenvalue weighted by molar-refractivity contribution is 5.95. The van der Waals surface area contributed by atoms with Gasteiger partial charge >= 0.3 is 0 Å². The molecule has 0 atom stereocenters. The lowest BCUT2D eigenvalue weighted by atomic mass is 10.1. The maximum atomic E-state index is 13.3. The van der Waals surface area contributed by atoms with E-state index in [0.29, 0.717) is 48.0 Å². The van der Waals surface area contributed by atoms with Crippen LogP contribution in [0.15, 0.2) is 42.5 Å². The van der Waals surface area contributed by atoms with Gasteiger partial charge in [0.15, 0.2) is 17.2 Å². The number of carbonyl (C=O) groups is 2. The molecule has 4 rings (SSSR count). The van der Waals surface area contributed by atoms with Crippen molar-refractivity contribution in [1.82, 2.24) is 25.0 Å². The molecule has 1 aliphatic heterocycles. The van der Waals surface area contributed by atoms with E-state index in [1.165, 1.54) is 36.1 Å². The van der Waals surface area contributed by atoms with Crippen molar-refractivity contribution in [2.24, 2.45) is 0 Å². The lowest BCUT2D eigenvalue weighted by molar-refractivity contribution is -0.139. The lowest BCUT2D eigenvalue weighted by Gasteiger charge is -2.27. The van der Waals surface area contributed by atoms with Crippen LogP contribution >= 0.6 is 0 Å². The number of para-hydroxylation sites is 1. The number of aromatic nitrogens is 3. The number of carbonyl (C=O) groups excluding carboxylic acids is 2. The number of aryl methyl sites for hydroxylation is 1. The number of nitrogens with zero attached hydrogens (tertiary/aromatic N) is 5. The van der Waals surface area contributed by atoms with E-state index in [0.717, 1.165) is 5.69 Å². The Balaban J connectivity index is 1.56. The number of hydrazine groups is 1. The summed E-state index contributed by atoms with van der Waals surface area (Å²) in [5.74, 6) is 0.756. The number of amides is 2. The Morgan fingerprint density at radius 2 is 1.59 bits per heavy atom. The zero-order chi connectivity index (χ0) is 24.2. The van der Waals surface area contributed by atoms with E-state index in [1.807, 2.05) is 30.3 Å². The molecule has 10 nitrogen and oxygen atoms in total. The first kappa shape index (κ1) is 23.1. The van der Waals surface area contributed by atoms with Gasteiger partial charge in [-0.15, -0.1) is 5.10 Å². The van der Waals surface area contributed by atoms with Crippen molar-refractivity contribution >= 4 is 11.8 Å². The highest BCUT2D eigenvalue weighted by atomic mass is 16.5. The topological polar surface area (TPSA) is 99.0 Å². The monoisotopic (exact) mass is 465 g/mol. The molecule has 2 aromatic carbocycles. The minimum absolute atomic E-state index is 0.0307. The summed E-state index contributed by atoms with van der Waals surface area (Å²) in [7, 11) is 4.55. The SMILES string of the molecule is COc1ccc(CC(=O)N2CCCN2C(=O)c2nn(-c3ccccc3)nc2C)c(OC)c1OC. The minimum atomic E-state index is -0.357. The second kappa shape index (κ2) is 9.82. The highest BCUT2D eigenvalue weighted by Crippen LogP contribution is 2.40. The molecule has 1 saturated heterocycles. The third-order valence-corrected chi connectivity index (χ3v) is 5.65. The van der Waals surface area contributed by atoms with Crippen LogP contribution in [-0.2, 0) is 11.2 Å². The molecular formula is C24H27N5O5. The number of hydrogen-bond donors (Lipinski definition) is 0. The maximum absolute atomic E-state index is 13.3. The molecule has 1 aliphatic rings. The summed E-state index contributed by atoms with van der Waals surface area (Å²) < 4.78 is 16.2. The molecule has 178 valence electrons. The predicted molar refractivity (Wildman–Crippen MR) is 123 cm³/mol. The quantitative estimate of drug-likeness (QED) is 0.528. The Kier molecular flexibility index (Phi) is 6.67. The number of hydrogen-bond acceptors (Lipinski definition) is 7. The van der Waals surface area contributed by atoms with Crippen LogP contribution in [0.1, 0.15) is 28.2 Å². The van der Waals surface area contributed by atoms with Crippen molar-refractivity contribution in [3.63, 3.8) is 0 Å². The van der Waals surface area contributed by atoms with Gasteiger partial charge in [0.1, 0.15) is 0 Å². The third kappa shape index (κ3) is 4.26. The molecule has 34 heavy (non-hydrogen) atoms. The Morgan fingerprint density at radius 1 is 0.882 bits per heavy atom. The smallest absolute Gasteiger partial charge is 0.294 e. The van der Waals surface area contributed by atoms with Crippen LogP contribution in [0, 0.1) is 6.92 Å². The molecule has 0 unspecified atom stereocenters. The van der Waals surface area contributed by atoms with E-state index in [9.17, 15) is 9.59 Å². The van der Waals surface area contributed by atoms with Gasteiger partial charge in [0.05, 0.1) is 39.1 Å². The molecule has 0 spiro atoms. The first-order valence-corrected chi connectivity index (χ1v) is 10.9. The Morgan fingerprint density at radius 3 is 2.26 bits per heavy atom. The Labute approximate surface area is 197 Å². The van der Waals surface area contributed by atoms with E-state index < -0.39 is 0 Å². The van der Waals surface area contributed by atoms with Crippen LogP contribution in [-0.4, -0.2) is 71.2 Å². The van der Waals surface area contributed by atoms with E-state index >= 15 is 0 Å². The second-order valence-electron chi connectivity index (χ2n) is 7.73. The van der Waals surface area contributed by atoms with Gasteiger partial charge < -0.3 is 14.2 Å². The molecular weight excluding hydrogens is 438 g/mol. The number of ether oxygens (including phenoxy) is 3. The van der Waals surface area contributed by atoms with Crippen LogP contribution < -0.4 is 14.2 Å². The third-order valence-electron chi connectivity index (χ3n) is 5.65. The Hall–Kier alpha value is -4.08. The molecule has 1 fully saturated rings. The molecule has 0 N–H and O–H groups in total. The van der Waals surface area contributed by atoms with E-state index in [-0.39, 0.29) is 23.9 Å². The average molecular weight is 466 g/mol. The summed E-state index contributed by atoms with van der Waals surface area (Å²) in [6.07, 6.45) is 0.704. The molecule has 2 heterocycles. The van der Waals surface area contributed by atoms with Crippen molar-refractivity contribution in [3.05, 3.63) is 59.4 Å². The van der Waals surface area contributed by atoms with Gasteiger partial charge in [0.2, 0.25) is 11.7 Å². The van der Waals surface area contributed by atoms with E-state index in [1.54, 1.807) is 19.1 Å². The zero-order valence-electron chi connectivity index (χ0n) is 19.6. The normalized spacial score (nSPS) is 13.2. The van der Waals surface area contributed by atoms with Crippen molar-refractivity contribution in [1.29, 1.82) is 0 Å². The van der Waals surface area contributed by atoms with Crippen LogP contribution in [0.2, 0.25) is 0 Å². The summed E-state index contributed by atoms with van der Waals surface area (Å²) in [6, 6.07) is 12.8. The minimum Gasteiger partial charge on any atom is -0.493 e. The van der Waals surface area contributed by atoms with Gasteiger partial charge in [-0.2, -0.15) is 9.90 Å². The van der Waals surface area contributed by atoms with Gasteiger partial charge in [-0.3, -0.25) is 14.6 Å². The van der Waals surface area contributed by atoms with Crippen LogP contribution in [0.3, 0.4) is 0 Å². The molecule has 0 radical (unpaired) electrons. The fourth-order valence-electron chi connectivity index (χ4n) is 4.01. The summed E-state index contributed by atoms with van der Waals surface area (Å²) in [6.45, 7) is 2.59. The van der Waals surface area contributed by atoms with Crippen LogP contribution in [0.5, 0.6) is 17.2 Å². The van der Waals surface area contributed by atoms with Gasteiger partial charge in [-0.05, 0) is 31.5 Å². The average Bonchev–Trinajstić information content (AvgIpc) is 3.51. The van der Waals surface area contributed by atoms with Gasteiger partial charge in [0.25, 0.3) is 5.91 Å². The molecule has 2 amide bonds. The summed E-state index contributed by atoms with van der Waals surface area (Å²) in [4.78, 5) is 28.0. The van der Waals surface area contributed by atoms with Crippen molar-refractivity contribution in [3.8, 4) is 22.9 Å². The first-order chi connectivity index (χ1) is 16.5. The fraction of sp³-hybridized carbons (Fsp3) is 0.333. The van der Waals surface area contributed by atoms with Crippen molar-refractivity contribution < 1.29 is 23.8 Å². The number of benzene rings is 2. The van der Waals surface area contributed by atoms with Crippen LogP contribution in [0.25, 0.3) is 5.69 Å². The molecule has 1 aromatic heterocycles. The highest BCUT2D eigenvalue weighted by Gasteiger charge is 2.34. The van der Waals surface area contributed by atoms with Crippen molar-refractivity contribution in [2.75, 3.05) is 34.4 Å². The zero-order valence-corrected chi connectivity index (χ0v) is 19.6. The fourth-order valence-corrected chi connectivity index (χ4v) is 4.01. The lowest BCUT2D eigenvalue weighted by Crippen LogP contribution is -2.45. The number of rotatable bonds is 7. The first-order valence-electron chi connectivity index (χ1n) is 10.9. The van der Waals surface area contributed by atoms with E-state index in [4.69, 9.17) is 14.2 Å². The standard InChI is InChI=1S/C24H27N5O5/c1-16-21(26-29(25-16)18-9-6-5-7-10-18)24(31)28-14-8-13-27(28)20(30)15-17-11-12-19(32-2)23(34-4)22(17)33-3/h5-7,9-12H,8,13-15H2,1-4H3. The molecule has 10 heteroatoms. The van der Waals surface area contributed by atoms with E-state index in [2.05, 4.69) is 10.2 Å². The molecule has 0 saturated carbocycles.